The standard InChI is InChI=1S/C29H23ClFN3O/c30-28-15-12-21(17-32-28)25(16-29(35)33-23-6-2-1-3-7-23)26-19-34(27-9-5-4-8-24(26)27)18-20-10-13-22(31)14-11-20/h1-15,17,19,25H,16,18H2,(H,33,35)/t25-/m1/s1. The van der Waals surface area contributed by atoms with E-state index in [1.807, 2.05) is 48.5 Å². The summed E-state index contributed by atoms with van der Waals surface area (Å²) in [4.78, 5) is 17.4. The lowest BCUT2D eigenvalue weighted by Crippen LogP contribution is -2.16. The van der Waals surface area contributed by atoms with E-state index in [9.17, 15) is 9.18 Å². The van der Waals surface area contributed by atoms with Crippen LogP contribution >= 0.6 is 11.6 Å². The molecule has 0 aliphatic heterocycles. The van der Waals surface area contributed by atoms with Gasteiger partial charge in [0.05, 0.1) is 0 Å². The fraction of sp³-hybridized carbons (Fsp3) is 0.103. The van der Waals surface area contributed by atoms with Gasteiger partial charge in [0.2, 0.25) is 5.91 Å². The highest BCUT2D eigenvalue weighted by atomic mass is 35.5. The van der Waals surface area contributed by atoms with Crippen molar-refractivity contribution in [2.75, 3.05) is 5.32 Å². The van der Waals surface area contributed by atoms with Crippen molar-refractivity contribution in [3.8, 4) is 0 Å². The Morgan fingerprint density at radius 1 is 0.943 bits per heavy atom. The number of benzene rings is 3. The molecule has 2 aromatic heterocycles. The van der Waals surface area contributed by atoms with Crippen molar-refractivity contribution in [2.24, 2.45) is 0 Å². The molecule has 0 bridgehead atoms. The average molecular weight is 484 g/mol. The van der Waals surface area contributed by atoms with Crippen molar-refractivity contribution >= 4 is 34.1 Å². The van der Waals surface area contributed by atoms with E-state index in [2.05, 4.69) is 33.2 Å². The van der Waals surface area contributed by atoms with Crippen LogP contribution < -0.4 is 5.32 Å². The Morgan fingerprint density at radius 3 is 2.43 bits per heavy atom. The maximum absolute atomic E-state index is 13.4. The lowest BCUT2D eigenvalue weighted by molar-refractivity contribution is -0.116. The molecule has 0 spiro atoms. The molecule has 0 radical (unpaired) electrons. The smallest absolute Gasteiger partial charge is 0.225 e. The highest BCUT2D eigenvalue weighted by Gasteiger charge is 2.23. The molecule has 5 rings (SSSR count). The summed E-state index contributed by atoms with van der Waals surface area (Å²) in [5.41, 5.74) is 4.72. The number of nitrogens with one attached hydrogen (secondary N) is 1. The van der Waals surface area contributed by atoms with Gasteiger partial charge in [-0.1, -0.05) is 66.2 Å². The SMILES string of the molecule is O=C(C[C@H](c1ccc(Cl)nc1)c1cn(Cc2ccc(F)cc2)c2ccccc12)Nc1ccccc1. The number of pyridine rings is 1. The van der Waals surface area contributed by atoms with Gasteiger partial charge in [0.25, 0.3) is 0 Å². The molecule has 6 heteroatoms. The third kappa shape index (κ3) is 5.26. The van der Waals surface area contributed by atoms with Crippen molar-refractivity contribution in [1.82, 2.24) is 9.55 Å². The van der Waals surface area contributed by atoms with Gasteiger partial charge in [-0.05, 0) is 53.1 Å². The van der Waals surface area contributed by atoms with Gasteiger partial charge >= 0.3 is 0 Å². The molecule has 0 saturated heterocycles. The van der Waals surface area contributed by atoms with Crippen molar-refractivity contribution in [2.45, 2.75) is 18.9 Å². The number of carbonyl (C=O) groups is 1. The summed E-state index contributed by atoms with van der Waals surface area (Å²) in [6.45, 7) is 0.586. The summed E-state index contributed by atoms with van der Waals surface area (Å²) < 4.78 is 15.6. The van der Waals surface area contributed by atoms with Crippen LogP contribution in [-0.4, -0.2) is 15.5 Å². The highest BCUT2D eigenvalue weighted by molar-refractivity contribution is 6.29. The molecule has 1 atom stereocenters. The largest absolute Gasteiger partial charge is 0.343 e. The average Bonchev–Trinajstić information content (AvgIpc) is 3.23. The molecule has 0 fully saturated rings. The minimum absolute atomic E-state index is 0.0912. The fourth-order valence-corrected chi connectivity index (χ4v) is 4.50. The van der Waals surface area contributed by atoms with E-state index in [0.29, 0.717) is 11.7 Å². The Kier molecular flexibility index (Phi) is 6.59. The van der Waals surface area contributed by atoms with Crippen LogP contribution in [0, 0.1) is 5.82 Å². The number of aromatic nitrogens is 2. The van der Waals surface area contributed by atoms with Crippen molar-refractivity contribution in [3.05, 3.63) is 131 Å². The quantitative estimate of drug-likeness (QED) is 0.252. The van der Waals surface area contributed by atoms with Crippen molar-refractivity contribution in [3.63, 3.8) is 0 Å². The van der Waals surface area contributed by atoms with Crippen molar-refractivity contribution in [1.29, 1.82) is 0 Å². The zero-order valence-electron chi connectivity index (χ0n) is 18.9. The molecule has 4 nitrogen and oxygen atoms in total. The highest BCUT2D eigenvalue weighted by Crippen LogP contribution is 2.35. The predicted octanol–water partition coefficient (Wildman–Crippen LogP) is 7.04. The Balaban J connectivity index is 1.54. The lowest BCUT2D eigenvalue weighted by atomic mass is 9.89. The van der Waals surface area contributed by atoms with E-state index >= 15 is 0 Å². The second-order valence-corrected chi connectivity index (χ2v) is 8.83. The third-order valence-electron chi connectivity index (χ3n) is 6.06. The van der Waals surface area contributed by atoms with Crippen LogP contribution in [0.25, 0.3) is 10.9 Å². The number of halogens is 2. The fourth-order valence-electron chi connectivity index (χ4n) is 4.39. The number of hydrogen-bond donors (Lipinski definition) is 1. The topological polar surface area (TPSA) is 46.9 Å². The lowest BCUT2D eigenvalue weighted by Gasteiger charge is -2.17. The number of hydrogen-bond acceptors (Lipinski definition) is 2. The van der Waals surface area contributed by atoms with Gasteiger partial charge in [0, 0.05) is 47.9 Å². The van der Waals surface area contributed by atoms with E-state index in [-0.39, 0.29) is 24.1 Å². The first kappa shape index (κ1) is 22.8. The van der Waals surface area contributed by atoms with E-state index in [0.717, 1.165) is 33.3 Å². The molecule has 0 aliphatic rings. The van der Waals surface area contributed by atoms with Gasteiger partial charge in [-0.15, -0.1) is 0 Å². The molecule has 3 aromatic carbocycles. The summed E-state index contributed by atoms with van der Waals surface area (Å²) >= 11 is 6.05. The summed E-state index contributed by atoms with van der Waals surface area (Å²) in [6, 6.07) is 27.7. The Labute approximate surface area is 208 Å². The molecular formula is C29H23ClFN3O. The summed E-state index contributed by atoms with van der Waals surface area (Å²) in [6.07, 6.45) is 4.06. The van der Waals surface area contributed by atoms with Gasteiger partial charge in [0.15, 0.2) is 0 Å². The van der Waals surface area contributed by atoms with E-state index in [4.69, 9.17) is 11.6 Å². The van der Waals surface area contributed by atoms with Crippen molar-refractivity contribution < 1.29 is 9.18 Å². The third-order valence-corrected chi connectivity index (χ3v) is 6.28. The van der Waals surface area contributed by atoms with Crippen LogP contribution in [0.3, 0.4) is 0 Å². The number of para-hydroxylation sites is 2. The molecule has 1 N–H and O–H groups in total. The van der Waals surface area contributed by atoms with Crippen LogP contribution in [0.15, 0.2) is 103 Å². The molecule has 1 amide bonds. The van der Waals surface area contributed by atoms with Gasteiger partial charge < -0.3 is 9.88 Å². The van der Waals surface area contributed by atoms with E-state index in [1.54, 1.807) is 24.4 Å². The number of anilines is 1. The summed E-state index contributed by atoms with van der Waals surface area (Å²) in [5.74, 6) is -0.583. The maximum atomic E-state index is 13.4. The van der Waals surface area contributed by atoms with Gasteiger partial charge in [0.1, 0.15) is 11.0 Å². The summed E-state index contributed by atoms with van der Waals surface area (Å²) in [7, 11) is 0. The van der Waals surface area contributed by atoms with Crippen LogP contribution in [-0.2, 0) is 11.3 Å². The monoisotopic (exact) mass is 483 g/mol. The molecule has 35 heavy (non-hydrogen) atoms. The van der Waals surface area contributed by atoms with E-state index in [1.165, 1.54) is 12.1 Å². The van der Waals surface area contributed by atoms with Crippen LogP contribution in [0.1, 0.15) is 29.0 Å². The van der Waals surface area contributed by atoms with Gasteiger partial charge in [-0.25, -0.2) is 9.37 Å². The second kappa shape index (κ2) is 10.1. The molecule has 174 valence electrons. The molecule has 2 heterocycles. The Bertz CT molecular complexity index is 1450. The van der Waals surface area contributed by atoms with Gasteiger partial charge in [-0.3, -0.25) is 4.79 Å². The van der Waals surface area contributed by atoms with E-state index < -0.39 is 0 Å². The predicted molar refractivity (Wildman–Crippen MR) is 138 cm³/mol. The van der Waals surface area contributed by atoms with Crippen LogP contribution in [0.5, 0.6) is 0 Å². The number of carbonyl (C=O) groups excluding carboxylic acids is 1. The summed E-state index contributed by atoms with van der Waals surface area (Å²) in [5, 5.41) is 4.46. The minimum atomic E-state index is -0.258. The zero-order chi connectivity index (χ0) is 24.2. The Hall–Kier alpha value is -3.96. The molecule has 0 aliphatic carbocycles. The minimum Gasteiger partial charge on any atom is -0.343 e. The number of amides is 1. The van der Waals surface area contributed by atoms with Gasteiger partial charge in [-0.2, -0.15) is 0 Å². The number of fused-ring (bicyclic) bond motifs is 1. The van der Waals surface area contributed by atoms with Crippen LogP contribution in [0.4, 0.5) is 10.1 Å². The zero-order valence-corrected chi connectivity index (χ0v) is 19.6. The Morgan fingerprint density at radius 2 is 1.69 bits per heavy atom. The molecule has 0 unspecified atom stereocenters. The molecular weight excluding hydrogens is 461 g/mol. The number of nitrogens with zero attached hydrogens (tertiary/aromatic N) is 2. The van der Waals surface area contributed by atoms with Crippen LogP contribution in [0.2, 0.25) is 5.15 Å². The first-order chi connectivity index (χ1) is 17.1. The normalized spacial score (nSPS) is 11.9. The number of rotatable bonds is 7. The molecule has 5 aromatic rings. The second-order valence-electron chi connectivity index (χ2n) is 8.44. The first-order valence-corrected chi connectivity index (χ1v) is 11.7. The first-order valence-electron chi connectivity index (χ1n) is 11.4. The molecule has 0 saturated carbocycles. The maximum Gasteiger partial charge on any atom is 0.225 e.